The predicted octanol–water partition coefficient (Wildman–Crippen LogP) is -2.17. The first-order chi connectivity index (χ1) is 19.4. The van der Waals surface area contributed by atoms with E-state index in [-0.39, 0.29) is 72.0 Å². The van der Waals surface area contributed by atoms with Crippen molar-refractivity contribution in [2.75, 3.05) is 0 Å². The van der Waals surface area contributed by atoms with Crippen LogP contribution in [0.2, 0.25) is 0 Å². The summed E-state index contributed by atoms with van der Waals surface area (Å²) in [5.41, 5.74) is 2.96. The lowest BCUT2D eigenvalue weighted by molar-refractivity contribution is 0.389. The molecule has 174 valence electrons. The van der Waals surface area contributed by atoms with E-state index >= 15 is 0 Å². The Bertz CT molecular complexity index is 2000. The Hall–Kier alpha value is -3.24. The van der Waals surface area contributed by atoms with Gasteiger partial charge >= 0.3 is 0 Å². The summed E-state index contributed by atoms with van der Waals surface area (Å²) in [6.07, 6.45) is 0. The van der Waals surface area contributed by atoms with Crippen molar-refractivity contribution in [2.45, 2.75) is 5.41 Å². The minimum atomic E-state index is -1.35. The van der Waals surface area contributed by atoms with Gasteiger partial charge in [-0.25, -0.2) is 0 Å². The van der Waals surface area contributed by atoms with Crippen LogP contribution in [0.25, 0.3) is 21.9 Å². The Labute approximate surface area is 255 Å². The summed E-state index contributed by atoms with van der Waals surface area (Å²) in [4.78, 5) is 0. The fraction of sp³-hybridized carbons (Fsp3) is 0.0345. The SMILES string of the molecule is [B]c1cc([B])c2c(c1)C1(c3cc(Br)ccc3-c3c1c([B])c1c([B])c([B])c([B])c([B])c1c3O)c1cc([B])cc(O)c1O2. The molecule has 41 heavy (non-hydrogen) atoms. The summed E-state index contributed by atoms with van der Waals surface area (Å²) in [5.74, 6) is -0.0326. The molecule has 0 aromatic heterocycles. The van der Waals surface area contributed by atoms with E-state index in [4.69, 9.17) is 67.5 Å². The first-order valence-electron chi connectivity index (χ1n) is 12.4. The first-order valence-corrected chi connectivity index (χ1v) is 13.2. The second kappa shape index (κ2) is 8.64. The Kier molecular flexibility index (Phi) is 5.62. The maximum Gasteiger partial charge on any atom is 0.173 e. The first kappa shape index (κ1) is 26.6. The molecule has 5 aromatic rings. The van der Waals surface area contributed by atoms with E-state index in [1.807, 2.05) is 18.2 Å². The standard InChI is InChI=1S/C29H9B8BrO3/c30-8-3-13-27(15(32)5-8)41-28-14(4-9(31)6-16(28)39)29(13)12-7-10(38)1-2-11(12)17-20(29)21(33)18-19(26(17)40)23(35)25(37)24(36)22(18)34/h1-7,39-40H. The molecule has 7 rings (SSSR count). The van der Waals surface area contributed by atoms with E-state index in [0.29, 0.717) is 38.8 Å². The molecule has 1 aliphatic carbocycles. The largest absolute Gasteiger partial charge is 0.507 e. The zero-order chi connectivity index (χ0) is 29.3. The molecular formula is C29H9B8BrO3. The van der Waals surface area contributed by atoms with E-state index < -0.39 is 5.41 Å². The topological polar surface area (TPSA) is 49.7 Å². The van der Waals surface area contributed by atoms with Gasteiger partial charge in [0, 0.05) is 26.5 Å². The number of halogens is 1. The van der Waals surface area contributed by atoms with E-state index in [1.54, 1.807) is 18.2 Å². The predicted molar refractivity (Wildman–Crippen MR) is 175 cm³/mol. The highest BCUT2D eigenvalue weighted by Gasteiger charge is 2.54. The summed E-state index contributed by atoms with van der Waals surface area (Å²) < 4.78 is 6.98. The van der Waals surface area contributed by atoms with Crippen LogP contribution < -0.4 is 48.4 Å². The second-order valence-electron chi connectivity index (χ2n) is 10.4. The van der Waals surface area contributed by atoms with E-state index in [2.05, 4.69) is 15.9 Å². The Morgan fingerprint density at radius 1 is 0.634 bits per heavy atom. The molecule has 1 unspecified atom stereocenters. The third-order valence-electron chi connectivity index (χ3n) is 8.20. The van der Waals surface area contributed by atoms with Crippen LogP contribution in [0.15, 0.2) is 46.9 Å². The van der Waals surface area contributed by atoms with E-state index in [0.717, 1.165) is 4.47 Å². The van der Waals surface area contributed by atoms with Crippen molar-refractivity contribution in [1.82, 2.24) is 0 Å². The number of hydrogen-bond acceptors (Lipinski definition) is 3. The molecule has 0 saturated carbocycles. The molecule has 1 aliphatic heterocycles. The summed E-state index contributed by atoms with van der Waals surface area (Å²) in [6.45, 7) is 0. The molecule has 2 aliphatic rings. The number of hydrogen-bond donors (Lipinski definition) is 2. The molecule has 0 bridgehead atoms. The molecule has 2 N–H and O–H groups in total. The summed E-state index contributed by atoms with van der Waals surface area (Å²) in [7, 11) is 51.5. The summed E-state index contributed by atoms with van der Waals surface area (Å²) in [5, 5.41) is 23.5. The van der Waals surface area contributed by atoms with Gasteiger partial charge in [-0.05, 0) is 40.3 Å². The van der Waals surface area contributed by atoms with Crippen LogP contribution in [0.5, 0.6) is 23.0 Å². The van der Waals surface area contributed by atoms with Crippen molar-refractivity contribution in [2.24, 2.45) is 0 Å². The zero-order valence-electron chi connectivity index (χ0n) is 21.3. The number of fused-ring (bicyclic) bond motifs is 10. The highest BCUT2D eigenvalue weighted by Crippen LogP contribution is 2.64. The Morgan fingerprint density at radius 2 is 1.24 bits per heavy atom. The van der Waals surface area contributed by atoms with Crippen LogP contribution in [0, 0.1) is 0 Å². The highest BCUT2D eigenvalue weighted by atomic mass is 79.9. The molecule has 1 heterocycles. The molecule has 0 saturated heterocycles. The van der Waals surface area contributed by atoms with Gasteiger partial charge in [-0.2, -0.15) is 0 Å². The van der Waals surface area contributed by atoms with Gasteiger partial charge < -0.3 is 14.9 Å². The Balaban J connectivity index is 1.83. The van der Waals surface area contributed by atoms with Crippen LogP contribution in [-0.4, -0.2) is 73.0 Å². The molecule has 1 atom stereocenters. The van der Waals surface area contributed by atoms with Crippen molar-refractivity contribution in [3.8, 4) is 34.1 Å². The molecule has 0 fully saturated rings. The monoisotopic (exact) mass is 572 g/mol. The van der Waals surface area contributed by atoms with Gasteiger partial charge in [0.15, 0.2) is 11.5 Å². The molecule has 5 aromatic carbocycles. The van der Waals surface area contributed by atoms with Gasteiger partial charge in [0.2, 0.25) is 0 Å². The fourth-order valence-corrected chi connectivity index (χ4v) is 6.94. The van der Waals surface area contributed by atoms with Gasteiger partial charge in [0.25, 0.3) is 0 Å². The van der Waals surface area contributed by atoms with Crippen molar-refractivity contribution < 1.29 is 14.9 Å². The third kappa shape index (κ3) is 3.20. The number of aromatic hydroxyl groups is 2. The van der Waals surface area contributed by atoms with Crippen LogP contribution in [0.3, 0.4) is 0 Å². The van der Waals surface area contributed by atoms with Crippen LogP contribution in [0.1, 0.15) is 22.3 Å². The van der Waals surface area contributed by atoms with Gasteiger partial charge in [-0.15, -0.1) is 10.9 Å². The van der Waals surface area contributed by atoms with Crippen LogP contribution >= 0.6 is 15.9 Å². The molecule has 12 heteroatoms. The number of rotatable bonds is 0. The van der Waals surface area contributed by atoms with Gasteiger partial charge in [-0.3, -0.25) is 0 Å². The second-order valence-corrected chi connectivity index (χ2v) is 11.3. The lowest BCUT2D eigenvalue weighted by Gasteiger charge is -2.42. The van der Waals surface area contributed by atoms with E-state index in [9.17, 15) is 10.2 Å². The van der Waals surface area contributed by atoms with Crippen molar-refractivity contribution >= 4 is 133 Å². The maximum atomic E-state index is 12.0. The van der Waals surface area contributed by atoms with Crippen LogP contribution in [0.4, 0.5) is 0 Å². The molecule has 1 spiro atoms. The minimum Gasteiger partial charge on any atom is -0.507 e. The average Bonchev–Trinajstić information content (AvgIpc) is 3.20. The number of benzene rings is 5. The number of phenols is 2. The molecular weight excluding hydrogens is 563 g/mol. The quantitative estimate of drug-likeness (QED) is 0.204. The van der Waals surface area contributed by atoms with Crippen molar-refractivity contribution in [3.63, 3.8) is 0 Å². The highest BCUT2D eigenvalue weighted by molar-refractivity contribution is 9.10. The maximum absolute atomic E-state index is 12.0. The lowest BCUT2D eigenvalue weighted by Crippen LogP contribution is -2.49. The number of phenolic OH excluding ortho intramolecular Hbond substituents is 2. The van der Waals surface area contributed by atoms with Gasteiger partial charge in [0.05, 0.1) is 5.41 Å². The summed E-state index contributed by atoms with van der Waals surface area (Å²) in [6, 6.07) is 11.9. The molecule has 16 radical (unpaired) electrons. The smallest absolute Gasteiger partial charge is 0.173 e. The average molecular weight is 572 g/mol. The molecule has 3 nitrogen and oxygen atoms in total. The number of ether oxygens (including phenoxy) is 1. The van der Waals surface area contributed by atoms with E-state index in [1.165, 1.54) is 6.07 Å². The fourth-order valence-electron chi connectivity index (χ4n) is 6.58. The summed E-state index contributed by atoms with van der Waals surface area (Å²) >= 11 is 3.60. The van der Waals surface area contributed by atoms with Gasteiger partial charge in [-0.1, -0.05) is 73.0 Å². The normalized spacial score (nSPS) is 16.2. The zero-order valence-corrected chi connectivity index (χ0v) is 22.9. The van der Waals surface area contributed by atoms with Crippen molar-refractivity contribution in [1.29, 1.82) is 0 Å². The molecule has 0 amide bonds. The van der Waals surface area contributed by atoms with Crippen LogP contribution in [-0.2, 0) is 5.41 Å². The van der Waals surface area contributed by atoms with Crippen molar-refractivity contribution in [3.05, 3.63) is 69.2 Å². The Morgan fingerprint density at radius 3 is 1.93 bits per heavy atom. The third-order valence-corrected chi connectivity index (χ3v) is 8.69. The minimum absolute atomic E-state index is 0.0355. The van der Waals surface area contributed by atoms with Gasteiger partial charge in [0.1, 0.15) is 74.3 Å². The lowest BCUT2D eigenvalue weighted by atomic mass is 9.58.